The molecule has 0 bridgehead atoms. The number of fused-ring (bicyclic) bond motifs is 1. The van der Waals surface area contributed by atoms with Gasteiger partial charge in [-0.05, 0) is 45.0 Å². The van der Waals surface area contributed by atoms with Crippen LogP contribution < -0.4 is 4.74 Å². The monoisotopic (exact) mass is 383 g/mol. The Morgan fingerprint density at radius 3 is 2.85 bits per heavy atom. The largest absolute Gasteiger partial charge is 0.497 e. The molecule has 3 rings (SSSR count). The number of rotatable bonds is 8. The quantitative estimate of drug-likeness (QED) is 0.440. The number of amides is 1. The SMILES string of the molecule is C=CCn1nnnc1SCC(=O)N(C)Cc1ccc2cc(OC)ccc2c1. The molecule has 0 radical (unpaired) electrons. The third-order valence-corrected chi connectivity index (χ3v) is 5.03. The normalized spacial score (nSPS) is 10.7. The maximum atomic E-state index is 12.4. The van der Waals surface area contributed by atoms with Crippen LogP contribution in [0.5, 0.6) is 5.75 Å². The Balaban J connectivity index is 1.61. The van der Waals surface area contributed by atoms with Crippen molar-refractivity contribution in [1.82, 2.24) is 25.1 Å². The Kier molecular flexibility index (Phi) is 6.08. The minimum absolute atomic E-state index is 0.0166. The summed E-state index contributed by atoms with van der Waals surface area (Å²) < 4.78 is 6.87. The van der Waals surface area contributed by atoms with Crippen molar-refractivity contribution in [2.24, 2.45) is 0 Å². The molecule has 1 heterocycles. The lowest BCUT2D eigenvalue weighted by atomic mass is 10.1. The van der Waals surface area contributed by atoms with Gasteiger partial charge in [0.15, 0.2) is 0 Å². The van der Waals surface area contributed by atoms with Gasteiger partial charge >= 0.3 is 0 Å². The molecule has 0 aliphatic rings. The fourth-order valence-electron chi connectivity index (χ4n) is 2.63. The lowest BCUT2D eigenvalue weighted by Crippen LogP contribution is -2.27. The van der Waals surface area contributed by atoms with Crippen molar-refractivity contribution in [1.29, 1.82) is 0 Å². The predicted octanol–water partition coefficient (Wildman–Crippen LogP) is 2.77. The molecule has 0 saturated heterocycles. The van der Waals surface area contributed by atoms with Crippen molar-refractivity contribution in [2.75, 3.05) is 19.9 Å². The van der Waals surface area contributed by atoms with Gasteiger partial charge in [0, 0.05) is 13.6 Å². The minimum Gasteiger partial charge on any atom is -0.497 e. The molecule has 0 aliphatic heterocycles. The summed E-state index contributed by atoms with van der Waals surface area (Å²) in [4.78, 5) is 14.2. The maximum Gasteiger partial charge on any atom is 0.233 e. The van der Waals surface area contributed by atoms with Gasteiger partial charge in [0.05, 0.1) is 19.4 Å². The first-order valence-corrected chi connectivity index (χ1v) is 9.40. The molecule has 8 heteroatoms. The Hall–Kier alpha value is -2.87. The number of hydrogen-bond donors (Lipinski definition) is 0. The zero-order chi connectivity index (χ0) is 19.2. The van der Waals surface area contributed by atoms with E-state index in [1.807, 2.05) is 30.3 Å². The van der Waals surface area contributed by atoms with Crippen LogP contribution in [0.25, 0.3) is 10.8 Å². The van der Waals surface area contributed by atoms with E-state index in [-0.39, 0.29) is 11.7 Å². The molecule has 0 atom stereocenters. The predicted molar refractivity (Wildman–Crippen MR) is 106 cm³/mol. The number of hydrogen-bond acceptors (Lipinski definition) is 6. The number of ether oxygens (including phenoxy) is 1. The third kappa shape index (κ3) is 4.65. The molecule has 1 aromatic heterocycles. The van der Waals surface area contributed by atoms with Crippen molar-refractivity contribution < 1.29 is 9.53 Å². The van der Waals surface area contributed by atoms with E-state index in [1.165, 1.54) is 11.8 Å². The van der Waals surface area contributed by atoms with Crippen LogP contribution in [0.2, 0.25) is 0 Å². The van der Waals surface area contributed by atoms with Crippen molar-refractivity contribution in [2.45, 2.75) is 18.2 Å². The highest BCUT2D eigenvalue weighted by molar-refractivity contribution is 7.99. The molecule has 1 amide bonds. The molecule has 3 aromatic rings. The zero-order valence-electron chi connectivity index (χ0n) is 15.3. The van der Waals surface area contributed by atoms with Crippen LogP contribution in [0.1, 0.15) is 5.56 Å². The van der Waals surface area contributed by atoms with E-state index in [0.29, 0.717) is 18.2 Å². The number of benzene rings is 2. The van der Waals surface area contributed by atoms with E-state index in [2.05, 4.69) is 28.2 Å². The molecule has 0 N–H and O–H groups in total. The summed E-state index contributed by atoms with van der Waals surface area (Å²) in [6.07, 6.45) is 1.71. The first kappa shape index (κ1) is 18.9. The second-order valence-electron chi connectivity index (χ2n) is 6.02. The summed E-state index contributed by atoms with van der Waals surface area (Å²) in [7, 11) is 3.46. The summed E-state index contributed by atoms with van der Waals surface area (Å²) in [5, 5.41) is 14.3. The first-order chi connectivity index (χ1) is 13.1. The van der Waals surface area contributed by atoms with E-state index < -0.39 is 0 Å². The molecule has 0 aliphatic carbocycles. The van der Waals surface area contributed by atoms with Crippen LogP contribution in [-0.4, -0.2) is 50.9 Å². The molecule has 2 aromatic carbocycles. The second-order valence-corrected chi connectivity index (χ2v) is 6.96. The van der Waals surface area contributed by atoms with Crippen LogP contribution in [0.4, 0.5) is 0 Å². The fraction of sp³-hybridized carbons (Fsp3) is 0.263. The van der Waals surface area contributed by atoms with E-state index in [4.69, 9.17) is 4.74 Å². The van der Waals surface area contributed by atoms with E-state index >= 15 is 0 Å². The van der Waals surface area contributed by atoms with Crippen LogP contribution in [0, 0.1) is 0 Å². The summed E-state index contributed by atoms with van der Waals surface area (Å²) in [6.45, 7) is 4.73. The Morgan fingerprint density at radius 2 is 2.07 bits per heavy atom. The van der Waals surface area contributed by atoms with E-state index in [0.717, 1.165) is 22.1 Å². The summed E-state index contributed by atoms with van der Waals surface area (Å²) >= 11 is 1.32. The van der Waals surface area contributed by atoms with Gasteiger partial charge in [0.25, 0.3) is 0 Å². The number of nitrogens with zero attached hydrogens (tertiary/aromatic N) is 5. The van der Waals surface area contributed by atoms with Gasteiger partial charge in [-0.25, -0.2) is 4.68 Å². The Labute approximate surface area is 162 Å². The average molecular weight is 383 g/mol. The minimum atomic E-state index is 0.0166. The summed E-state index contributed by atoms with van der Waals surface area (Å²) in [5.41, 5.74) is 1.07. The number of aromatic nitrogens is 4. The third-order valence-electron chi connectivity index (χ3n) is 4.08. The molecule has 0 saturated carbocycles. The molecule has 0 unspecified atom stereocenters. The topological polar surface area (TPSA) is 73.1 Å². The first-order valence-electron chi connectivity index (χ1n) is 8.41. The van der Waals surface area contributed by atoms with Crippen molar-refractivity contribution >= 4 is 28.4 Å². The highest BCUT2D eigenvalue weighted by Gasteiger charge is 2.13. The van der Waals surface area contributed by atoms with Gasteiger partial charge in [-0.15, -0.1) is 11.7 Å². The standard InChI is InChI=1S/C19H21N5O2S/c1-4-9-24-19(20-21-22-24)27-13-18(25)23(2)12-14-5-6-16-11-17(26-3)8-7-15(16)10-14/h4-8,10-11H,1,9,12-13H2,2-3H3. The number of tetrazole rings is 1. The highest BCUT2D eigenvalue weighted by atomic mass is 32.2. The van der Waals surface area contributed by atoms with E-state index in [1.54, 1.807) is 29.8 Å². The van der Waals surface area contributed by atoms with Crippen LogP contribution in [-0.2, 0) is 17.9 Å². The number of carbonyl (C=O) groups is 1. The molecular weight excluding hydrogens is 362 g/mol. The molecule has 0 fully saturated rings. The molecule has 7 nitrogen and oxygen atoms in total. The van der Waals surface area contributed by atoms with Gasteiger partial charge in [-0.3, -0.25) is 4.79 Å². The van der Waals surface area contributed by atoms with Gasteiger partial charge in [0.2, 0.25) is 11.1 Å². The number of methoxy groups -OCH3 is 1. The number of allylic oxidation sites excluding steroid dienone is 1. The van der Waals surface area contributed by atoms with Crippen LogP contribution in [0.15, 0.2) is 54.2 Å². The van der Waals surface area contributed by atoms with Gasteiger partial charge < -0.3 is 9.64 Å². The zero-order valence-corrected chi connectivity index (χ0v) is 16.1. The second kappa shape index (κ2) is 8.68. The molecule has 27 heavy (non-hydrogen) atoms. The van der Waals surface area contributed by atoms with Gasteiger partial charge in [0.1, 0.15) is 5.75 Å². The highest BCUT2D eigenvalue weighted by Crippen LogP contribution is 2.22. The molecule has 140 valence electrons. The number of thioether (sulfide) groups is 1. The van der Waals surface area contributed by atoms with Gasteiger partial charge in [-0.1, -0.05) is 36.0 Å². The van der Waals surface area contributed by atoms with Crippen LogP contribution in [0.3, 0.4) is 0 Å². The van der Waals surface area contributed by atoms with Crippen LogP contribution >= 0.6 is 11.8 Å². The Morgan fingerprint density at radius 1 is 1.30 bits per heavy atom. The molecular formula is C19H21N5O2S. The Bertz CT molecular complexity index is 956. The number of carbonyl (C=O) groups excluding carboxylic acids is 1. The average Bonchev–Trinajstić information content (AvgIpc) is 3.13. The maximum absolute atomic E-state index is 12.4. The fourth-order valence-corrected chi connectivity index (χ4v) is 3.46. The van der Waals surface area contributed by atoms with Crippen molar-refractivity contribution in [3.8, 4) is 5.75 Å². The lowest BCUT2D eigenvalue weighted by molar-refractivity contribution is -0.127. The van der Waals surface area contributed by atoms with E-state index in [9.17, 15) is 4.79 Å². The van der Waals surface area contributed by atoms with Crippen molar-refractivity contribution in [3.05, 3.63) is 54.6 Å². The lowest BCUT2D eigenvalue weighted by Gasteiger charge is -2.17. The smallest absolute Gasteiger partial charge is 0.233 e. The summed E-state index contributed by atoms with van der Waals surface area (Å²) in [5.74, 6) is 1.13. The van der Waals surface area contributed by atoms with Gasteiger partial charge in [-0.2, -0.15) is 0 Å². The van der Waals surface area contributed by atoms with Crippen molar-refractivity contribution in [3.63, 3.8) is 0 Å². The molecule has 0 spiro atoms. The summed E-state index contributed by atoms with van der Waals surface area (Å²) in [6, 6.07) is 12.1.